The second-order valence-corrected chi connectivity index (χ2v) is 7.11. The van der Waals surface area contributed by atoms with Crippen LogP contribution < -0.4 is 14.8 Å². The Labute approximate surface area is 161 Å². The van der Waals surface area contributed by atoms with Gasteiger partial charge in [0.1, 0.15) is 5.75 Å². The number of hydrogen-bond acceptors (Lipinski definition) is 5. The van der Waals surface area contributed by atoms with Gasteiger partial charge in [-0.3, -0.25) is 10.1 Å². The molecule has 0 amide bonds. The highest BCUT2D eigenvalue weighted by molar-refractivity contribution is 6.32. The number of nitrogens with one attached hydrogen (secondary N) is 1. The molecule has 0 saturated heterocycles. The van der Waals surface area contributed by atoms with Crippen LogP contribution in [0.3, 0.4) is 0 Å². The molecule has 4 rings (SSSR count). The minimum absolute atomic E-state index is 0.0387. The fourth-order valence-electron chi connectivity index (χ4n) is 4.18. The molecule has 0 radical (unpaired) electrons. The van der Waals surface area contributed by atoms with Crippen molar-refractivity contribution in [1.29, 1.82) is 0 Å². The highest BCUT2D eigenvalue weighted by Gasteiger charge is 2.40. The van der Waals surface area contributed by atoms with Crippen LogP contribution in [-0.2, 0) is 0 Å². The molecule has 3 atom stereocenters. The highest BCUT2D eigenvalue weighted by atomic mass is 35.5. The fourth-order valence-corrected chi connectivity index (χ4v) is 4.46. The SMILES string of the molecule is COc1ccc([C@H]2Nc3c(OC)ccc(Cl)c3[C@@H]3C=CC[C@H]23)cc1[N+](=O)[O-]. The van der Waals surface area contributed by atoms with Crippen LogP contribution >= 0.6 is 11.6 Å². The van der Waals surface area contributed by atoms with E-state index in [1.807, 2.05) is 18.2 Å². The summed E-state index contributed by atoms with van der Waals surface area (Å²) in [7, 11) is 3.05. The molecule has 0 aromatic heterocycles. The summed E-state index contributed by atoms with van der Waals surface area (Å²) in [5.41, 5.74) is 2.67. The third-order valence-electron chi connectivity index (χ3n) is 5.41. The number of allylic oxidation sites excluding steroid dienone is 2. The van der Waals surface area contributed by atoms with E-state index in [1.54, 1.807) is 19.2 Å². The lowest BCUT2D eigenvalue weighted by atomic mass is 9.76. The molecule has 0 bridgehead atoms. The molecule has 2 aromatic carbocycles. The summed E-state index contributed by atoms with van der Waals surface area (Å²) < 4.78 is 10.7. The maximum absolute atomic E-state index is 11.4. The zero-order valence-corrected chi connectivity index (χ0v) is 15.7. The molecule has 140 valence electrons. The molecule has 0 spiro atoms. The lowest BCUT2D eigenvalue weighted by Crippen LogP contribution is -2.29. The second kappa shape index (κ2) is 6.78. The van der Waals surface area contributed by atoms with Gasteiger partial charge in [-0.1, -0.05) is 29.8 Å². The number of anilines is 1. The monoisotopic (exact) mass is 386 g/mol. The molecule has 1 heterocycles. The standard InChI is InChI=1S/C20H19ClN2O4/c1-26-16-8-6-11(10-15(16)23(24)25)19-13-5-3-4-12(13)18-14(21)7-9-17(27-2)20(18)22-19/h3-4,6-10,12-13,19,22H,5H2,1-2H3/t12-,13+,19-/m1/s1. The summed E-state index contributed by atoms with van der Waals surface area (Å²) in [5.74, 6) is 1.31. The molecule has 0 unspecified atom stereocenters. The van der Waals surface area contributed by atoms with Gasteiger partial charge in [-0.15, -0.1) is 0 Å². The van der Waals surface area contributed by atoms with Crippen LogP contribution in [0.15, 0.2) is 42.5 Å². The molecule has 6 nitrogen and oxygen atoms in total. The molecular formula is C20H19ClN2O4. The molecule has 0 fully saturated rings. The molecular weight excluding hydrogens is 368 g/mol. The summed E-state index contributed by atoms with van der Waals surface area (Å²) in [6, 6.07) is 8.70. The Morgan fingerprint density at radius 2 is 1.93 bits per heavy atom. The number of halogens is 1. The largest absolute Gasteiger partial charge is 0.495 e. The zero-order chi connectivity index (χ0) is 19.1. The van der Waals surface area contributed by atoms with Gasteiger partial charge in [-0.2, -0.15) is 0 Å². The van der Waals surface area contributed by atoms with E-state index in [2.05, 4.69) is 17.5 Å². The van der Waals surface area contributed by atoms with Gasteiger partial charge in [0.25, 0.3) is 0 Å². The molecule has 1 aliphatic heterocycles. The van der Waals surface area contributed by atoms with Crippen molar-refractivity contribution in [3.8, 4) is 11.5 Å². The van der Waals surface area contributed by atoms with Gasteiger partial charge in [0.05, 0.1) is 30.9 Å². The van der Waals surface area contributed by atoms with Crippen LogP contribution in [0.5, 0.6) is 11.5 Å². The summed E-state index contributed by atoms with van der Waals surface area (Å²) in [6.07, 6.45) is 5.18. The number of ether oxygens (including phenoxy) is 2. The summed E-state index contributed by atoms with van der Waals surface area (Å²) >= 11 is 6.50. The third kappa shape index (κ3) is 2.80. The average molecular weight is 387 g/mol. The van der Waals surface area contributed by atoms with E-state index in [4.69, 9.17) is 21.1 Å². The summed E-state index contributed by atoms with van der Waals surface area (Å²) in [5, 5.41) is 15.7. The van der Waals surface area contributed by atoms with Crippen molar-refractivity contribution in [2.24, 2.45) is 5.92 Å². The highest BCUT2D eigenvalue weighted by Crippen LogP contribution is 2.54. The fraction of sp³-hybridized carbons (Fsp3) is 0.300. The molecule has 2 aromatic rings. The molecule has 1 N–H and O–H groups in total. The van der Waals surface area contributed by atoms with Crippen LogP contribution in [0.4, 0.5) is 11.4 Å². The number of nitrogens with zero attached hydrogens (tertiary/aromatic N) is 1. The number of rotatable bonds is 4. The van der Waals surface area contributed by atoms with Gasteiger partial charge in [0, 0.05) is 22.6 Å². The van der Waals surface area contributed by atoms with Crippen molar-refractivity contribution in [2.75, 3.05) is 19.5 Å². The van der Waals surface area contributed by atoms with Crippen molar-refractivity contribution in [3.63, 3.8) is 0 Å². The number of fused-ring (bicyclic) bond motifs is 3. The Hall–Kier alpha value is -2.73. The Kier molecular flexibility index (Phi) is 4.44. The van der Waals surface area contributed by atoms with Crippen molar-refractivity contribution >= 4 is 23.0 Å². The van der Waals surface area contributed by atoms with Crippen LogP contribution in [0.25, 0.3) is 0 Å². The first-order chi connectivity index (χ1) is 13.0. The second-order valence-electron chi connectivity index (χ2n) is 6.70. The summed E-state index contributed by atoms with van der Waals surface area (Å²) in [6.45, 7) is 0. The first-order valence-electron chi connectivity index (χ1n) is 8.67. The smallest absolute Gasteiger partial charge is 0.311 e. The number of nitro groups is 1. The number of methoxy groups -OCH3 is 2. The van der Waals surface area contributed by atoms with Gasteiger partial charge >= 0.3 is 5.69 Å². The lowest BCUT2D eigenvalue weighted by molar-refractivity contribution is -0.385. The van der Waals surface area contributed by atoms with Crippen LogP contribution in [0.1, 0.15) is 29.5 Å². The number of nitro benzene ring substituents is 1. The van der Waals surface area contributed by atoms with Crippen LogP contribution in [0, 0.1) is 16.0 Å². The molecule has 0 saturated carbocycles. The van der Waals surface area contributed by atoms with Crippen molar-refractivity contribution in [3.05, 3.63) is 68.7 Å². The minimum Gasteiger partial charge on any atom is -0.495 e. The van der Waals surface area contributed by atoms with Gasteiger partial charge < -0.3 is 14.8 Å². The Morgan fingerprint density at radius 3 is 2.63 bits per heavy atom. The predicted molar refractivity (Wildman–Crippen MR) is 104 cm³/mol. The van der Waals surface area contributed by atoms with Crippen LogP contribution in [0.2, 0.25) is 5.02 Å². The molecule has 7 heteroatoms. The van der Waals surface area contributed by atoms with E-state index in [0.29, 0.717) is 10.8 Å². The maximum Gasteiger partial charge on any atom is 0.311 e. The van der Waals surface area contributed by atoms with E-state index in [0.717, 1.165) is 23.2 Å². The van der Waals surface area contributed by atoms with Crippen molar-refractivity contribution in [2.45, 2.75) is 18.4 Å². The predicted octanol–water partition coefficient (Wildman–Crippen LogP) is 5.09. The lowest BCUT2D eigenvalue weighted by Gasteiger charge is -2.38. The van der Waals surface area contributed by atoms with E-state index in [9.17, 15) is 10.1 Å². The number of hydrogen-bond donors (Lipinski definition) is 1. The van der Waals surface area contributed by atoms with Gasteiger partial charge in [-0.25, -0.2) is 0 Å². The van der Waals surface area contributed by atoms with E-state index in [-0.39, 0.29) is 29.3 Å². The topological polar surface area (TPSA) is 73.6 Å². The van der Waals surface area contributed by atoms with Crippen LogP contribution in [-0.4, -0.2) is 19.1 Å². The minimum atomic E-state index is -0.416. The van der Waals surface area contributed by atoms with E-state index < -0.39 is 4.92 Å². The van der Waals surface area contributed by atoms with Gasteiger partial charge in [0.2, 0.25) is 0 Å². The maximum atomic E-state index is 11.4. The molecule has 2 aliphatic rings. The Morgan fingerprint density at radius 1 is 1.19 bits per heavy atom. The first kappa shape index (κ1) is 17.7. The third-order valence-corrected chi connectivity index (χ3v) is 5.74. The van der Waals surface area contributed by atoms with Crippen molar-refractivity contribution < 1.29 is 14.4 Å². The molecule has 27 heavy (non-hydrogen) atoms. The average Bonchev–Trinajstić information content (AvgIpc) is 3.16. The Bertz CT molecular complexity index is 944. The zero-order valence-electron chi connectivity index (χ0n) is 14.9. The van der Waals surface area contributed by atoms with E-state index in [1.165, 1.54) is 7.11 Å². The van der Waals surface area contributed by atoms with Gasteiger partial charge in [-0.05, 0) is 36.1 Å². The van der Waals surface area contributed by atoms with E-state index >= 15 is 0 Å². The number of benzene rings is 2. The first-order valence-corrected chi connectivity index (χ1v) is 9.05. The van der Waals surface area contributed by atoms with Crippen molar-refractivity contribution in [1.82, 2.24) is 0 Å². The van der Waals surface area contributed by atoms with Gasteiger partial charge in [0.15, 0.2) is 5.75 Å². The quantitative estimate of drug-likeness (QED) is 0.450. The Balaban J connectivity index is 1.83. The normalized spacial score (nSPS) is 22.6. The molecule has 1 aliphatic carbocycles. The summed E-state index contributed by atoms with van der Waals surface area (Å²) in [4.78, 5) is 11.0.